The summed E-state index contributed by atoms with van der Waals surface area (Å²) in [5.41, 5.74) is 3.51. The average Bonchev–Trinajstić information content (AvgIpc) is 3.04. The molecule has 3 aromatic heterocycles. The van der Waals surface area contributed by atoms with Crippen LogP contribution >= 0.6 is 0 Å². The van der Waals surface area contributed by atoms with E-state index >= 15 is 0 Å². The Morgan fingerprint density at radius 2 is 2.23 bits per heavy atom. The topological polar surface area (TPSA) is 106 Å². The minimum Gasteiger partial charge on any atom is -0.386 e. The first-order chi connectivity index (χ1) is 12.6. The Hall–Kier alpha value is -3.20. The van der Waals surface area contributed by atoms with Gasteiger partial charge >= 0.3 is 6.03 Å². The number of imidazole rings is 1. The van der Waals surface area contributed by atoms with Crippen LogP contribution in [-0.4, -0.2) is 45.2 Å². The Balaban J connectivity index is 1.85. The van der Waals surface area contributed by atoms with E-state index in [4.69, 9.17) is 4.74 Å². The second-order valence-corrected chi connectivity index (χ2v) is 6.12. The molecule has 26 heavy (non-hydrogen) atoms. The number of carbonyl (C=O) groups is 1. The highest BCUT2D eigenvalue weighted by atomic mass is 16.5. The third-order valence-corrected chi connectivity index (χ3v) is 4.07. The number of ether oxygens (including phenoxy) is 1. The van der Waals surface area contributed by atoms with Gasteiger partial charge in [-0.15, -0.1) is 0 Å². The predicted octanol–water partition coefficient (Wildman–Crippen LogP) is 2.09. The Kier molecular flexibility index (Phi) is 4.13. The number of aromatic nitrogens is 4. The van der Waals surface area contributed by atoms with Gasteiger partial charge < -0.3 is 20.7 Å². The number of hydrogen-bond donors (Lipinski definition) is 3. The maximum absolute atomic E-state index is 12.6. The Morgan fingerprint density at radius 1 is 1.35 bits per heavy atom. The molecule has 1 aliphatic heterocycles. The van der Waals surface area contributed by atoms with Crippen LogP contribution in [0.1, 0.15) is 12.6 Å². The van der Waals surface area contributed by atoms with Crippen molar-refractivity contribution in [2.24, 2.45) is 0 Å². The predicted molar refractivity (Wildman–Crippen MR) is 97.6 cm³/mol. The van der Waals surface area contributed by atoms with Crippen molar-refractivity contribution in [3.8, 4) is 0 Å². The molecule has 9 nitrogen and oxygen atoms in total. The summed E-state index contributed by atoms with van der Waals surface area (Å²) in [6.45, 7) is 2.62. The molecule has 4 heterocycles. The number of nitrogens with zero attached hydrogens (tertiary/aromatic N) is 4. The molecule has 1 amide bonds. The molecule has 3 N–H and O–H groups in total. The van der Waals surface area contributed by atoms with Gasteiger partial charge in [0.2, 0.25) is 0 Å². The molecule has 1 aliphatic rings. The lowest BCUT2D eigenvalue weighted by molar-refractivity contribution is 0.102. The van der Waals surface area contributed by atoms with Crippen LogP contribution in [0, 0.1) is 0 Å². The molecule has 3 aromatic rings. The zero-order valence-electron chi connectivity index (χ0n) is 14.5. The van der Waals surface area contributed by atoms with Crippen molar-refractivity contribution in [2.75, 3.05) is 24.3 Å². The number of fused-ring (bicyclic) bond motifs is 3. The van der Waals surface area contributed by atoms with Crippen LogP contribution in [0.15, 0.2) is 30.7 Å². The molecule has 1 atom stereocenters. The minimum atomic E-state index is -0.302. The lowest BCUT2D eigenvalue weighted by atomic mass is 10.3. The Labute approximate surface area is 149 Å². The summed E-state index contributed by atoms with van der Waals surface area (Å²) in [4.78, 5) is 25.8. The number of carbonyl (C=O) groups excluding carboxylic acids is 1. The number of hydrogen-bond acceptors (Lipinski definition) is 7. The van der Waals surface area contributed by atoms with Gasteiger partial charge in [0.1, 0.15) is 17.7 Å². The molecule has 0 aliphatic carbocycles. The third-order valence-electron chi connectivity index (χ3n) is 4.07. The molecule has 4 rings (SSSR count). The van der Waals surface area contributed by atoms with E-state index in [2.05, 4.69) is 30.9 Å². The number of anilines is 3. The van der Waals surface area contributed by atoms with E-state index in [1.807, 2.05) is 25.1 Å². The average molecular weight is 353 g/mol. The zero-order chi connectivity index (χ0) is 18.1. The molecular weight excluding hydrogens is 334 g/mol. The van der Waals surface area contributed by atoms with Crippen LogP contribution in [0.3, 0.4) is 0 Å². The summed E-state index contributed by atoms with van der Waals surface area (Å²) >= 11 is 0. The summed E-state index contributed by atoms with van der Waals surface area (Å²) in [5.74, 6) is 0.597. The van der Waals surface area contributed by atoms with Crippen molar-refractivity contribution in [1.82, 2.24) is 24.8 Å². The lowest BCUT2D eigenvalue weighted by Gasteiger charge is -2.16. The minimum absolute atomic E-state index is 0.170. The van der Waals surface area contributed by atoms with Gasteiger partial charge in [-0.3, -0.25) is 4.98 Å². The van der Waals surface area contributed by atoms with Gasteiger partial charge in [-0.1, -0.05) is 0 Å². The van der Waals surface area contributed by atoms with E-state index in [9.17, 15) is 4.79 Å². The third kappa shape index (κ3) is 3.04. The van der Waals surface area contributed by atoms with Crippen LogP contribution in [0.25, 0.3) is 11.2 Å². The highest BCUT2D eigenvalue weighted by Crippen LogP contribution is 2.26. The highest BCUT2D eigenvalue weighted by Gasteiger charge is 2.17. The van der Waals surface area contributed by atoms with Gasteiger partial charge in [0, 0.05) is 25.0 Å². The van der Waals surface area contributed by atoms with Crippen molar-refractivity contribution >= 4 is 34.4 Å². The van der Waals surface area contributed by atoms with E-state index in [1.54, 1.807) is 13.2 Å². The van der Waals surface area contributed by atoms with Crippen LogP contribution in [0.4, 0.5) is 22.0 Å². The standard InChI is InChI=1S/C17H19N7O2/c1-10-7-26-8-12-5-11(3-4-19-12)22-14-6-13(18-2)15-16(23-14)24(9-20-15)17(25)21-10/h3-6,9-10H,7-8H2,1-2H3,(H,21,25)(H2,18,22,23)/t10-/m1/s1. The van der Waals surface area contributed by atoms with Gasteiger partial charge in [-0.25, -0.2) is 19.3 Å². The summed E-state index contributed by atoms with van der Waals surface area (Å²) in [5, 5.41) is 9.24. The van der Waals surface area contributed by atoms with Gasteiger partial charge in [0.05, 0.1) is 30.6 Å². The molecule has 9 heteroatoms. The monoisotopic (exact) mass is 353 g/mol. The highest BCUT2D eigenvalue weighted by molar-refractivity contribution is 5.94. The molecule has 0 aromatic carbocycles. The van der Waals surface area contributed by atoms with E-state index in [-0.39, 0.29) is 12.1 Å². The number of nitrogens with one attached hydrogen (secondary N) is 3. The molecule has 0 spiro atoms. The number of amides is 1. The number of rotatable bonds is 1. The van der Waals surface area contributed by atoms with Gasteiger partial charge in [-0.05, 0) is 19.1 Å². The molecule has 4 bridgehead atoms. The van der Waals surface area contributed by atoms with Crippen molar-refractivity contribution in [3.63, 3.8) is 0 Å². The summed E-state index contributed by atoms with van der Waals surface area (Å²) < 4.78 is 7.07. The quantitative estimate of drug-likeness (QED) is 0.615. The molecule has 0 radical (unpaired) electrons. The van der Waals surface area contributed by atoms with Crippen LogP contribution in [0.5, 0.6) is 0 Å². The first-order valence-corrected chi connectivity index (χ1v) is 8.30. The van der Waals surface area contributed by atoms with Crippen LogP contribution in [0.2, 0.25) is 0 Å². The Morgan fingerprint density at radius 3 is 3.08 bits per heavy atom. The zero-order valence-corrected chi connectivity index (χ0v) is 14.5. The van der Waals surface area contributed by atoms with Crippen molar-refractivity contribution in [2.45, 2.75) is 19.6 Å². The second kappa shape index (κ2) is 6.60. The van der Waals surface area contributed by atoms with E-state index in [0.717, 1.165) is 17.1 Å². The van der Waals surface area contributed by atoms with Crippen LogP contribution in [-0.2, 0) is 11.3 Å². The SMILES string of the molecule is CNc1cc2nc3c1ncn3C(=O)N[C@H](C)COCc1cc(ccn1)N2. The summed E-state index contributed by atoms with van der Waals surface area (Å²) in [6, 6.07) is 5.15. The van der Waals surface area contributed by atoms with Gasteiger partial charge in [-0.2, -0.15) is 0 Å². The summed E-state index contributed by atoms with van der Waals surface area (Å²) in [6.07, 6.45) is 3.20. The first-order valence-electron chi connectivity index (χ1n) is 8.30. The molecule has 0 unspecified atom stereocenters. The van der Waals surface area contributed by atoms with E-state index < -0.39 is 0 Å². The van der Waals surface area contributed by atoms with Crippen molar-refractivity contribution in [1.29, 1.82) is 0 Å². The summed E-state index contributed by atoms with van der Waals surface area (Å²) in [7, 11) is 1.81. The largest absolute Gasteiger partial charge is 0.386 e. The second-order valence-electron chi connectivity index (χ2n) is 6.12. The molecular formula is C17H19N7O2. The first kappa shape index (κ1) is 16.3. The van der Waals surface area contributed by atoms with Crippen molar-refractivity contribution < 1.29 is 9.53 Å². The molecule has 0 fully saturated rings. The van der Waals surface area contributed by atoms with E-state index in [0.29, 0.717) is 30.2 Å². The maximum Gasteiger partial charge on any atom is 0.328 e. The van der Waals surface area contributed by atoms with Gasteiger partial charge in [0.15, 0.2) is 5.65 Å². The molecule has 134 valence electrons. The lowest BCUT2D eigenvalue weighted by Crippen LogP contribution is -2.38. The fourth-order valence-electron chi connectivity index (χ4n) is 2.84. The van der Waals surface area contributed by atoms with Crippen molar-refractivity contribution in [3.05, 3.63) is 36.4 Å². The number of pyridine rings is 2. The fraction of sp³-hybridized carbons (Fsp3) is 0.294. The fourth-order valence-corrected chi connectivity index (χ4v) is 2.84. The van der Waals surface area contributed by atoms with E-state index in [1.165, 1.54) is 10.9 Å². The normalized spacial score (nSPS) is 17.5. The Bertz CT molecular complexity index is 969. The maximum atomic E-state index is 12.6. The molecule has 0 saturated heterocycles. The van der Waals surface area contributed by atoms with Crippen LogP contribution < -0.4 is 16.0 Å². The smallest absolute Gasteiger partial charge is 0.328 e. The van der Waals surface area contributed by atoms with Gasteiger partial charge in [0.25, 0.3) is 0 Å². The molecule has 0 saturated carbocycles.